The number of rotatable bonds is 3. The van der Waals surface area contributed by atoms with Gasteiger partial charge in [-0.15, -0.1) is 0 Å². The Kier molecular flexibility index (Phi) is 4.91. The number of hydrogen-bond donors (Lipinski definition) is 0. The number of hydrogen-bond acceptors (Lipinski definition) is 0. The highest BCUT2D eigenvalue weighted by Crippen LogP contribution is 2.40. The van der Waals surface area contributed by atoms with Gasteiger partial charge in [-0.1, -0.05) is 103 Å². The minimum atomic E-state index is 1.02. The first-order chi connectivity index (χ1) is 20.7. The summed E-state index contributed by atoms with van der Waals surface area (Å²) >= 11 is 0. The van der Waals surface area contributed by atoms with E-state index >= 15 is 0 Å². The van der Waals surface area contributed by atoms with Crippen LogP contribution in [-0.4, -0.2) is 9.13 Å². The molecular formula is C40H28N2. The lowest BCUT2D eigenvalue weighted by atomic mass is 9.96. The SMILES string of the molecule is CC1=Cc2c(cccc2-c2cc(-n3c4ccccc4c4ccccc43)cc(-n3c4ccccc4c4ccccc43)c2)C1. The van der Waals surface area contributed by atoms with Crippen LogP contribution in [0.15, 0.2) is 139 Å². The number of benzene rings is 6. The van der Waals surface area contributed by atoms with Gasteiger partial charge in [-0.3, -0.25) is 0 Å². The topological polar surface area (TPSA) is 9.86 Å². The average Bonchev–Trinajstić information content (AvgIpc) is 3.69. The Balaban J connectivity index is 1.42. The molecule has 0 N–H and O–H groups in total. The molecule has 8 aromatic rings. The van der Waals surface area contributed by atoms with E-state index in [1.807, 2.05) is 0 Å². The maximum absolute atomic E-state index is 2.44. The van der Waals surface area contributed by atoms with Crippen LogP contribution in [0, 0.1) is 0 Å². The largest absolute Gasteiger partial charge is 0.309 e. The van der Waals surface area contributed by atoms with E-state index in [1.165, 1.54) is 71.4 Å². The van der Waals surface area contributed by atoms with Crippen molar-refractivity contribution in [2.75, 3.05) is 0 Å². The van der Waals surface area contributed by atoms with Gasteiger partial charge in [-0.05, 0) is 78.1 Å². The number of fused-ring (bicyclic) bond motifs is 7. The van der Waals surface area contributed by atoms with E-state index in [9.17, 15) is 0 Å². The van der Waals surface area contributed by atoms with Gasteiger partial charge in [0, 0.05) is 32.9 Å². The summed E-state index contributed by atoms with van der Waals surface area (Å²) in [5.74, 6) is 0. The highest BCUT2D eigenvalue weighted by Gasteiger charge is 2.19. The maximum atomic E-state index is 2.44. The Hall–Kier alpha value is -5.34. The van der Waals surface area contributed by atoms with E-state index in [2.05, 4.69) is 156 Å². The first-order valence-electron chi connectivity index (χ1n) is 14.7. The molecule has 2 heterocycles. The highest BCUT2D eigenvalue weighted by atomic mass is 15.0. The highest BCUT2D eigenvalue weighted by molar-refractivity contribution is 6.10. The number of nitrogens with zero attached hydrogens (tertiary/aromatic N) is 2. The van der Waals surface area contributed by atoms with Crippen LogP contribution in [0.25, 0.3) is 72.2 Å². The zero-order chi connectivity index (χ0) is 27.8. The molecule has 0 bridgehead atoms. The summed E-state index contributed by atoms with van der Waals surface area (Å²) in [6, 6.07) is 49.0. The van der Waals surface area contributed by atoms with Crippen LogP contribution in [0.4, 0.5) is 0 Å². The minimum absolute atomic E-state index is 1.02. The fraction of sp³-hybridized carbons (Fsp3) is 0.0500. The fourth-order valence-corrected chi connectivity index (χ4v) is 7.20. The average molecular weight is 537 g/mol. The molecule has 6 aromatic carbocycles. The van der Waals surface area contributed by atoms with E-state index in [0.29, 0.717) is 0 Å². The van der Waals surface area contributed by atoms with Gasteiger partial charge in [-0.2, -0.15) is 0 Å². The molecule has 1 aliphatic rings. The number of para-hydroxylation sites is 4. The molecule has 0 radical (unpaired) electrons. The van der Waals surface area contributed by atoms with Gasteiger partial charge in [0.2, 0.25) is 0 Å². The third-order valence-corrected chi connectivity index (χ3v) is 8.95. The Morgan fingerprint density at radius 3 is 1.40 bits per heavy atom. The Labute approximate surface area is 244 Å². The third kappa shape index (κ3) is 3.33. The monoisotopic (exact) mass is 536 g/mol. The van der Waals surface area contributed by atoms with Crippen LogP contribution < -0.4 is 0 Å². The summed E-state index contributed by atoms with van der Waals surface area (Å²) in [6.07, 6.45) is 3.40. The Bertz CT molecular complexity index is 2160. The molecule has 0 atom stereocenters. The Morgan fingerprint density at radius 1 is 0.476 bits per heavy atom. The second-order valence-corrected chi connectivity index (χ2v) is 11.5. The molecule has 42 heavy (non-hydrogen) atoms. The molecule has 0 saturated carbocycles. The first-order valence-corrected chi connectivity index (χ1v) is 14.7. The summed E-state index contributed by atoms with van der Waals surface area (Å²) in [6.45, 7) is 2.24. The minimum Gasteiger partial charge on any atom is -0.309 e. The van der Waals surface area contributed by atoms with Crippen LogP contribution >= 0.6 is 0 Å². The summed E-state index contributed by atoms with van der Waals surface area (Å²) in [7, 11) is 0. The molecule has 9 rings (SSSR count). The normalized spacial score (nSPS) is 12.9. The quantitative estimate of drug-likeness (QED) is 0.213. The third-order valence-electron chi connectivity index (χ3n) is 8.95. The zero-order valence-corrected chi connectivity index (χ0v) is 23.4. The Morgan fingerprint density at radius 2 is 0.929 bits per heavy atom. The molecular weight excluding hydrogens is 508 g/mol. The maximum Gasteiger partial charge on any atom is 0.0541 e. The van der Waals surface area contributed by atoms with Gasteiger partial charge in [-0.25, -0.2) is 0 Å². The molecule has 198 valence electrons. The van der Waals surface area contributed by atoms with Gasteiger partial charge >= 0.3 is 0 Å². The van der Waals surface area contributed by atoms with Crippen molar-refractivity contribution in [2.24, 2.45) is 0 Å². The van der Waals surface area contributed by atoms with Crippen LogP contribution in [0.5, 0.6) is 0 Å². The lowest BCUT2D eigenvalue weighted by molar-refractivity contribution is 1.13. The molecule has 1 aliphatic carbocycles. The van der Waals surface area contributed by atoms with Crippen molar-refractivity contribution >= 4 is 49.7 Å². The lowest BCUT2D eigenvalue weighted by Crippen LogP contribution is -2.00. The van der Waals surface area contributed by atoms with E-state index < -0.39 is 0 Å². The zero-order valence-electron chi connectivity index (χ0n) is 23.4. The van der Waals surface area contributed by atoms with Crippen molar-refractivity contribution in [2.45, 2.75) is 13.3 Å². The molecule has 0 saturated heterocycles. The predicted octanol–water partition coefficient (Wildman–Crippen LogP) is 10.5. The smallest absolute Gasteiger partial charge is 0.0541 e. The van der Waals surface area contributed by atoms with Gasteiger partial charge in [0.1, 0.15) is 0 Å². The summed E-state index contributed by atoms with van der Waals surface area (Å²) in [4.78, 5) is 0. The predicted molar refractivity (Wildman–Crippen MR) is 178 cm³/mol. The van der Waals surface area contributed by atoms with Crippen molar-refractivity contribution in [3.05, 3.63) is 150 Å². The van der Waals surface area contributed by atoms with Crippen LogP contribution in [0.3, 0.4) is 0 Å². The van der Waals surface area contributed by atoms with Gasteiger partial charge in [0.15, 0.2) is 0 Å². The molecule has 0 aliphatic heterocycles. The molecule has 0 spiro atoms. The van der Waals surface area contributed by atoms with Crippen molar-refractivity contribution in [1.29, 1.82) is 0 Å². The molecule has 0 unspecified atom stereocenters. The van der Waals surface area contributed by atoms with E-state index in [4.69, 9.17) is 0 Å². The number of allylic oxidation sites excluding steroid dienone is 1. The van der Waals surface area contributed by atoms with E-state index in [0.717, 1.165) is 17.8 Å². The van der Waals surface area contributed by atoms with Crippen molar-refractivity contribution in [3.63, 3.8) is 0 Å². The summed E-state index contributed by atoms with van der Waals surface area (Å²) in [5, 5.41) is 5.10. The van der Waals surface area contributed by atoms with Crippen molar-refractivity contribution in [1.82, 2.24) is 9.13 Å². The second-order valence-electron chi connectivity index (χ2n) is 11.5. The standard InChI is InChI=1S/C40H28N2/c1-26-21-27-11-10-16-31(36(27)22-26)28-23-29(41-37-17-6-2-12-32(37)33-13-3-7-18-38(33)41)25-30(24-28)42-39-19-8-4-14-34(39)35-15-5-9-20-40(35)42/h2-20,22-25H,21H2,1H3. The molecule has 2 heteroatoms. The summed E-state index contributed by atoms with van der Waals surface area (Å²) < 4.78 is 4.88. The molecule has 2 aromatic heterocycles. The first kappa shape index (κ1) is 23.4. The van der Waals surface area contributed by atoms with Crippen molar-refractivity contribution in [3.8, 4) is 22.5 Å². The molecule has 2 nitrogen and oxygen atoms in total. The second kappa shape index (κ2) is 8.83. The van der Waals surface area contributed by atoms with E-state index in [1.54, 1.807) is 0 Å². The van der Waals surface area contributed by atoms with Crippen LogP contribution in [0.1, 0.15) is 18.1 Å². The summed E-state index contributed by atoms with van der Waals surface area (Å²) in [5.41, 5.74) is 13.9. The number of aromatic nitrogens is 2. The van der Waals surface area contributed by atoms with E-state index in [-0.39, 0.29) is 0 Å². The van der Waals surface area contributed by atoms with Gasteiger partial charge in [0.05, 0.1) is 22.1 Å². The fourth-order valence-electron chi connectivity index (χ4n) is 7.20. The van der Waals surface area contributed by atoms with Crippen molar-refractivity contribution < 1.29 is 0 Å². The van der Waals surface area contributed by atoms with Gasteiger partial charge < -0.3 is 9.13 Å². The van der Waals surface area contributed by atoms with Gasteiger partial charge in [0.25, 0.3) is 0 Å². The van der Waals surface area contributed by atoms with Crippen LogP contribution in [-0.2, 0) is 6.42 Å². The lowest BCUT2D eigenvalue weighted by Gasteiger charge is -2.17. The molecule has 0 amide bonds. The van der Waals surface area contributed by atoms with Crippen LogP contribution in [0.2, 0.25) is 0 Å². The molecule has 0 fully saturated rings.